The van der Waals surface area contributed by atoms with Crippen LogP contribution in [0.1, 0.15) is 30.6 Å². The Kier molecular flexibility index (Phi) is 6.87. The number of anilines is 1. The number of ether oxygens (including phenoxy) is 1. The molecule has 0 radical (unpaired) electrons. The number of benzene rings is 1. The molecular formula is C14H21BrN2O2. The van der Waals surface area contributed by atoms with Gasteiger partial charge in [-0.1, -0.05) is 29.8 Å². The molecule has 0 spiro atoms. The zero-order valence-electron chi connectivity index (χ0n) is 11.4. The topological polar surface area (TPSA) is 64.3 Å². The fraction of sp³-hybridized carbons (Fsp3) is 0.500. The van der Waals surface area contributed by atoms with E-state index in [2.05, 4.69) is 35.1 Å². The van der Waals surface area contributed by atoms with Crippen molar-refractivity contribution in [3.63, 3.8) is 0 Å². The monoisotopic (exact) mass is 328 g/mol. The highest BCUT2D eigenvalue weighted by atomic mass is 79.9. The van der Waals surface area contributed by atoms with E-state index in [1.165, 1.54) is 0 Å². The number of carbonyl (C=O) groups is 1. The molecule has 0 atom stereocenters. The van der Waals surface area contributed by atoms with Crippen LogP contribution < -0.4 is 11.1 Å². The number of nitrogens with one attached hydrogen (secondary N) is 1. The summed E-state index contributed by atoms with van der Waals surface area (Å²) in [7, 11) is 0. The molecule has 1 aromatic rings. The first-order valence-corrected chi connectivity index (χ1v) is 7.20. The molecule has 0 fully saturated rings. The van der Waals surface area contributed by atoms with Gasteiger partial charge in [0.1, 0.15) is 0 Å². The SMILES string of the molecule is CC(C)CCOCCNC(=O)c1cc(N)cc(Br)c1. The Labute approximate surface area is 122 Å². The lowest BCUT2D eigenvalue weighted by molar-refractivity contribution is 0.0906. The molecule has 0 aliphatic carbocycles. The molecule has 0 aliphatic heterocycles. The van der Waals surface area contributed by atoms with E-state index in [1.54, 1.807) is 18.2 Å². The number of hydrogen-bond donors (Lipinski definition) is 2. The molecule has 0 heterocycles. The summed E-state index contributed by atoms with van der Waals surface area (Å²) in [6.07, 6.45) is 1.04. The molecule has 0 aliphatic rings. The second kappa shape index (κ2) is 8.17. The molecule has 19 heavy (non-hydrogen) atoms. The Bertz CT molecular complexity index is 402. The van der Waals surface area contributed by atoms with E-state index >= 15 is 0 Å². The van der Waals surface area contributed by atoms with E-state index in [0.29, 0.717) is 30.3 Å². The summed E-state index contributed by atoms with van der Waals surface area (Å²) in [4.78, 5) is 11.8. The number of hydrogen-bond acceptors (Lipinski definition) is 3. The Morgan fingerprint density at radius 2 is 2.11 bits per heavy atom. The van der Waals surface area contributed by atoms with E-state index < -0.39 is 0 Å². The van der Waals surface area contributed by atoms with Crippen LogP contribution in [0, 0.1) is 5.92 Å². The summed E-state index contributed by atoms with van der Waals surface area (Å²) in [6.45, 7) is 6.08. The maximum atomic E-state index is 11.8. The third kappa shape index (κ3) is 6.59. The second-order valence-electron chi connectivity index (χ2n) is 4.82. The highest BCUT2D eigenvalue weighted by Gasteiger charge is 2.06. The van der Waals surface area contributed by atoms with E-state index in [1.807, 2.05) is 0 Å². The summed E-state index contributed by atoms with van der Waals surface area (Å²) >= 11 is 3.31. The van der Waals surface area contributed by atoms with Crippen molar-refractivity contribution < 1.29 is 9.53 Å². The van der Waals surface area contributed by atoms with Gasteiger partial charge in [0, 0.05) is 28.9 Å². The van der Waals surface area contributed by atoms with Crippen molar-refractivity contribution in [3.8, 4) is 0 Å². The van der Waals surface area contributed by atoms with Crippen LogP contribution >= 0.6 is 15.9 Å². The maximum absolute atomic E-state index is 11.8. The summed E-state index contributed by atoms with van der Waals surface area (Å²) < 4.78 is 6.23. The van der Waals surface area contributed by atoms with E-state index in [0.717, 1.165) is 17.5 Å². The first-order valence-electron chi connectivity index (χ1n) is 6.41. The number of carbonyl (C=O) groups excluding carboxylic acids is 1. The standard InChI is InChI=1S/C14H21BrN2O2/c1-10(2)3-5-19-6-4-17-14(18)11-7-12(15)9-13(16)8-11/h7-10H,3-6,16H2,1-2H3,(H,17,18). The van der Waals surface area contributed by atoms with E-state index in [9.17, 15) is 4.79 Å². The minimum absolute atomic E-state index is 0.138. The fourth-order valence-electron chi connectivity index (χ4n) is 1.50. The highest BCUT2D eigenvalue weighted by Crippen LogP contribution is 2.17. The lowest BCUT2D eigenvalue weighted by Gasteiger charge is -2.08. The van der Waals surface area contributed by atoms with Crippen molar-refractivity contribution in [2.24, 2.45) is 5.92 Å². The van der Waals surface area contributed by atoms with Gasteiger partial charge < -0.3 is 15.8 Å². The first-order chi connectivity index (χ1) is 8.99. The zero-order valence-corrected chi connectivity index (χ0v) is 13.0. The predicted octanol–water partition coefficient (Wildman–Crippen LogP) is 2.82. The quantitative estimate of drug-likeness (QED) is 0.597. The summed E-state index contributed by atoms with van der Waals surface area (Å²) in [5.41, 5.74) is 6.80. The Morgan fingerprint density at radius 1 is 1.37 bits per heavy atom. The molecule has 1 rings (SSSR count). The van der Waals surface area contributed by atoms with Crippen molar-refractivity contribution in [1.82, 2.24) is 5.32 Å². The molecule has 1 aromatic carbocycles. The fourth-order valence-corrected chi connectivity index (χ4v) is 2.01. The van der Waals surface area contributed by atoms with Gasteiger partial charge in [-0.25, -0.2) is 0 Å². The molecule has 5 heteroatoms. The molecule has 0 aromatic heterocycles. The summed E-state index contributed by atoms with van der Waals surface area (Å²) in [6, 6.07) is 5.15. The van der Waals surface area contributed by atoms with Crippen molar-refractivity contribution in [1.29, 1.82) is 0 Å². The van der Waals surface area contributed by atoms with Gasteiger partial charge in [0.05, 0.1) is 6.61 Å². The molecule has 0 unspecified atom stereocenters. The normalized spacial score (nSPS) is 10.7. The molecular weight excluding hydrogens is 308 g/mol. The van der Waals surface area contributed by atoms with Gasteiger partial charge in [-0.2, -0.15) is 0 Å². The highest BCUT2D eigenvalue weighted by molar-refractivity contribution is 9.10. The summed E-state index contributed by atoms with van der Waals surface area (Å²) in [5.74, 6) is 0.500. The number of nitrogen functional groups attached to an aromatic ring is 1. The van der Waals surface area contributed by atoms with Gasteiger partial charge in [-0.15, -0.1) is 0 Å². The molecule has 1 amide bonds. The van der Waals surface area contributed by atoms with Crippen LogP contribution in [-0.2, 0) is 4.74 Å². The Balaban J connectivity index is 2.27. The second-order valence-corrected chi connectivity index (χ2v) is 5.74. The van der Waals surface area contributed by atoms with Gasteiger partial charge in [-0.3, -0.25) is 4.79 Å². The first kappa shape index (κ1) is 16.0. The largest absolute Gasteiger partial charge is 0.399 e. The molecule has 0 saturated heterocycles. The van der Waals surface area contributed by atoms with Crippen LogP contribution in [0.15, 0.2) is 22.7 Å². The zero-order chi connectivity index (χ0) is 14.3. The van der Waals surface area contributed by atoms with Crippen LogP contribution in [0.25, 0.3) is 0 Å². The lowest BCUT2D eigenvalue weighted by Crippen LogP contribution is -2.27. The van der Waals surface area contributed by atoms with Crippen molar-refractivity contribution in [3.05, 3.63) is 28.2 Å². The number of amides is 1. The molecule has 0 saturated carbocycles. The van der Waals surface area contributed by atoms with Crippen LogP contribution in [0.2, 0.25) is 0 Å². The predicted molar refractivity (Wildman–Crippen MR) is 81.2 cm³/mol. The van der Waals surface area contributed by atoms with E-state index in [4.69, 9.17) is 10.5 Å². The van der Waals surface area contributed by atoms with Gasteiger partial charge >= 0.3 is 0 Å². The molecule has 106 valence electrons. The van der Waals surface area contributed by atoms with Crippen molar-refractivity contribution in [2.45, 2.75) is 20.3 Å². The Hall–Kier alpha value is -1.07. The van der Waals surface area contributed by atoms with Gasteiger partial charge in [0.2, 0.25) is 0 Å². The average molecular weight is 329 g/mol. The smallest absolute Gasteiger partial charge is 0.251 e. The Morgan fingerprint density at radius 3 is 2.74 bits per heavy atom. The van der Waals surface area contributed by atoms with Crippen LogP contribution in [0.3, 0.4) is 0 Å². The average Bonchev–Trinajstić information content (AvgIpc) is 2.31. The van der Waals surface area contributed by atoms with Crippen LogP contribution in [-0.4, -0.2) is 25.7 Å². The minimum atomic E-state index is -0.138. The van der Waals surface area contributed by atoms with Gasteiger partial charge in [0.25, 0.3) is 5.91 Å². The maximum Gasteiger partial charge on any atom is 0.251 e. The number of nitrogens with two attached hydrogens (primary N) is 1. The van der Waals surface area contributed by atoms with E-state index in [-0.39, 0.29) is 5.91 Å². The number of halogens is 1. The van der Waals surface area contributed by atoms with Gasteiger partial charge in [0.15, 0.2) is 0 Å². The molecule has 0 bridgehead atoms. The van der Waals surface area contributed by atoms with Crippen LogP contribution in [0.4, 0.5) is 5.69 Å². The van der Waals surface area contributed by atoms with Crippen molar-refractivity contribution >= 4 is 27.5 Å². The third-order valence-corrected chi connectivity index (χ3v) is 3.01. The minimum Gasteiger partial charge on any atom is -0.399 e. The molecule has 3 N–H and O–H groups in total. The van der Waals surface area contributed by atoms with Gasteiger partial charge in [-0.05, 0) is 30.5 Å². The number of rotatable bonds is 7. The third-order valence-electron chi connectivity index (χ3n) is 2.55. The molecule has 4 nitrogen and oxygen atoms in total. The van der Waals surface area contributed by atoms with Crippen molar-refractivity contribution in [2.75, 3.05) is 25.5 Å². The van der Waals surface area contributed by atoms with Crippen LogP contribution in [0.5, 0.6) is 0 Å². The summed E-state index contributed by atoms with van der Waals surface area (Å²) in [5, 5.41) is 2.80. The lowest BCUT2D eigenvalue weighted by atomic mass is 10.1.